The lowest BCUT2D eigenvalue weighted by atomic mass is 9.78. The van der Waals surface area contributed by atoms with E-state index in [9.17, 15) is 10.1 Å². The number of hydrogen-bond acceptors (Lipinski definition) is 4. The zero-order chi connectivity index (χ0) is 21.9. The van der Waals surface area contributed by atoms with Crippen LogP contribution in [-0.4, -0.2) is 33.3 Å². The topological polar surface area (TPSA) is 61.9 Å². The van der Waals surface area contributed by atoms with E-state index >= 15 is 0 Å². The van der Waals surface area contributed by atoms with Crippen molar-refractivity contribution in [3.63, 3.8) is 0 Å². The van der Waals surface area contributed by atoms with E-state index in [0.29, 0.717) is 12.3 Å². The quantitative estimate of drug-likeness (QED) is 0.509. The molecule has 5 nitrogen and oxygen atoms in total. The summed E-state index contributed by atoms with van der Waals surface area (Å²) < 4.78 is 2.16. The molecule has 1 aliphatic carbocycles. The number of nitrogens with zero attached hydrogens (tertiary/aromatic N) is 4. The summed E-state index contributed by atoms with van der Waals surface area (Å²) >= 11 is 0. The highest BCUT2D eigenvalue weighted by Gasteiger charge is 2.25. The molecule has 0 unspecified atom stereocenters. The van der Waals surface area contributed by atoms with Gasteiger partial charge in [-0.2, -0.15) is 5.26 Å². The Hall–Kier alpha value is -2.97. The first-order valence-corrected chi connectivity index (χ1v) is 11.9. The Morgan fingerprint density at radius 3 is 2.72 bits per heavy atom. The molecule has 3 heterocycles. The van der Waals surface area contributed by atoms with Gasteiger partial charge in [0.2, 0.25) is 0 Å². The summed E-state index contributed by atoms with van der Waals surface area (Å²) in [6, 6.07) is 16.1. The van der Waals surface area contributed by atoms with Crippen molar-refractivity contribution in [1.82, 2.24) is 14.5 Å². The van der Waals surface area contributed by atoms with E-state index in [1.807, 2.05) is 36.4 Å². The molecule has 0 bridgehead atoms. The molecule has 1 saturated carbocycles. The molecule has 3 aromatic rings. The molecule has 164 valence electrons. The van der Waals surface area contributed by atoms with Gasteiger partial charge in [-0.1, -0.05) is 31.0 Å². The molecule has 1 fully saturated rings. The van der Waals surface area contributed by atoms with Gasteiger partial charge in [0.25, 0.3) is 0 Å². The van der Waals surface area contributed by atoms with Crippen molar-refractivity contribution in [2.75, 3.05) is 13.1 Å². The van der Waals surface area contributed by atoms with Gasteiger partial charge in [-0.3, -0.25) is 14.7 Å². The molecular weight excluding hydrogens is 396 g/mol. The number of Topliss-reactive ketones (excluding diaryl/α,β-unsaturated/α-hetero) is 1. The molecule has 0 spiro atoms. The van der Waals surface area contributed by atoms with Crippen LogP contribution in [-0.2, 0) is 13.1 Å². The number of carbonyl (C=O) groups is 1. The number of nitriles is 1. The Labute approximate surface area is 189 Å². The van der Waals surface area contributed by atoms with Crippen molar-refractivity contribution >= 4 is 16.7 Å². The number of aromatic nitrogens is 2. The highest BCUT2D eigenvalue weighted by atomic mass is 16.1. The van der Waals surface area contributed by atoms with Crippen LogP contribution in [0.4, 0.5) is 0 Å². The van der Waals surface area contributed by atoms with Crippen LogP contribution < -0.4 is 0 Å². The molecular formula is C27H30N4O. The van der Waals surface area contributed by atoms with Crippen LogP contribution in [0.2, 0.25) is 0 Å². The third-order valence-electron chi connectivity index (χ3n) is 7.45. The highest BCUT2D eigenvalue weighted by Crippen LogP contribution is 2.34. The van der Waals surface area contributed by atoms with Gasteiger partial charge >= 0.3 is 0 Å². The van der Waals surface area contributed by atoms with Crippen LogP contribution in [0.5, 0.6) is 0 Å². The Balaban J connectivity index is 1.09. The Morgan fingerprint density at radius 1 is 1.03 bits per heavy atom. The second-order valence-corrected chi connectivity index (χ2v) is 9.43. The molecule has 0 N–H and O–H groups in total. The van der Waals surface area contributed by atoms with Crippen molar-refractivity contribution in [2.24, 2.45) is 11.8 Å². The first-order chi connectivity index (χ1) is 15.7. The third-order valence-corrected chi connectivity index (χ3v) is 7.45. The first kappa shape index (κ1) is 20.9. The summed E-state index contributed by atoms with van der Waals surface area (Å²) in [6.45, 7) is 4.03. The summed E-state index contributed by atoms with van der Waals surface area (Å²) in [5, 5.41) is 10.2. The van der Waals surface area contributed by atoms with Crippen LogP contribution in [0, 0.1) is 23.2 Å². The Morgan fingerprint density at radius 2 is 1.88 bits per heavy atom. The summed E-state index contributed by atoms with van der Waals surface area (Å²) in [6.07, 6.45) is 8.47. The standard InChI is InChI=1S/C27H30N4O/c28-18-22-10-11-23-19-30(15-16-31(22)23)14-12-20-6-8-21(9-7-20)17-27(32)25-3-1-5-26-24(25)4-2-13-29-26/h1-5,10-11,13,20-21H,6-9,12,14-17,19H2. The molecule has 5 rings (SSSR count). The van der Waals surface area contributed by atoms with Gasteiger partial charge in [0, 0.05) is 48.9 Å². The van der Waals surface area contributed by atoms with Crippen LogP contribution in [0.1, 0.15) is 60.3 Å². The van der Waals surface area contributed by atoms with Gasteiger partial charge < -0.3 is 4.57 Å². The molecule has 0 radical (unpaired) electrons. The molecule has 32 heavy (non-hydrogen) atoms. The van der Waals surface area contributed by atoms with Gasteiger partial charge in [0.1, 0.15) is 11.8 Å². The summed E-state index contributed by atoms with van der Waals surface area (Å²) in [4.78, 5) is 19.9. The fourth-order valence-corrected chi connectivity index (χ4v) is 5.56. The van der Waals surface area contributed by atoms with Crippen LogP contribution in [0.25, 0.3) is 10.9 Å². The van der Waals surface area contributed by atoms with Crippen molar-refractivity contribution in [3.8, 4) is 6.07 Å². The van der Waals surface area contributed by atoms with Gasteiger partial charge in [-0.05, 0) is 61.9 Å². The second-order valence-electron chi connectivity index (χ2n) is 9.43. The largest absolute Gasteiger partial charge is 0.334 e. The minimum Gasteiger partial charge on any atom is -0.334 e. The average molecular weight is 427 g/mol. The maximum Gasteiger partial charge on any atom is 0.163 e. The van der Waals surface area contributed by atoms with Crippen molar-refractivity contribution in [3.05, 3.63) is 65.6 Å². The maximum absolute atomic E-state index is 13.0. The van der Waals surface area contributed by atoms with Crippen molar-refractivity contribution in [1.29, 1.82) is 5.26 Å². The fraction of sp³-hybridized carbons (Fsp3) is 0.444. The summed E-state index contributed by atoms with van der Waals surface area (Å²) in [5.41, 5.74) is 3.77. The number of pyridine rings is 1. The smallest absolute Gasteiger partial charge is 0.163 e. The molecule has 1 aliphatic heterocycles. The van der Waals surface area contributed by atoms with Gasteiger partial charge in [0.15, 0.2) is 5.78 Å². The van der Waals surface area contributed by atoms with Crippen molar-refractivity contribution < 1.29 is 4.79 Å². The molecule has 0 atom stereocenters. The van der Waals surface area contributed by atoms with E-state index in [1.165, 1.54) is 25.0 Å². The van der Waals surface area contributed by atoms with Crippen LogP contribution in [0.15, 0.2) is 48.7 Å². The third kappa shape index (κ3) is 4.33. The number of benzene rings is 1. The number of carbonyl (C=O) groups excluding carboxylic acids is 1. The monoisotopic (exact) mass is 426 g/mol. The molecule has 2 aromatic heterocycles. The van der Waals surface area contributed by atoms with E-state index < -0.39 is 0 Å². The van der Waals surface area contributed by atoms with Crippen LogP contribution >= 0.6 is 0 Å². The van der Waals surface area contributed by atoms with Gasteiger partial charge in [0.05, 0.1) is 5.52 Å². The zero-order valence-corrected chi connectivity index (χ0v) is 18.5. The lowest BCUT2D eigenvalue weighted by molar-refractivity contribution is 0.0941. The van der Waals surface area contributed by atoms with E-state index in [4.69, 9.17) is 0 Å². The van der Waals surface area contributed by atoms with Crippen molar-refractivity contribution in [2.45, 2.75) is 51.6 Å². The lowest BCUT2D eigenvalue weighted by Crippen LogP contribution is -2.35. The van der Waals surface area contributed by atoms with E-state index in [-0.39, 0.29) is 5.78 Å². The summed E-state index contributed by atoms with van der Waals surface area (Å²) in [5.74, 6) is 1.54. The number of hydrogen-bond donors (Lipinski definition) is 0. The van der Waals surface area contributed by atoms with E-state index in [2.05, 4.69) is 26.6 Å². The molecule has 0 amide bonds. The molecule has 2 aliphatic rings. The molecule has 5 heteroatoms. The predicted molar refractivity (Wildman–Crippen MR) is 125 cm³/mol. The fourth-order valence-electron chi connectivity index (χ4n) is 5.56. The first-order valence-electron chi connectivity index (χ1n) is 11.9. The highest BCUT2D eigenvalue weighted by molar-refractivity contribution is 6.07. The number of fused-ring (bicyclic) bond motifs is 2. The minimum atomic E-state index is 0.264. The molecule has 0 saturated heterocycles. The predicted octanol–water partition coefficient (Wildman–Crippen LogP) is 5.19. The normalized spacial score (nSPS) is 21.2. The molecule has 1 aromatic carbocycles. The summed E-state index contributed by atoms with van der Waals surface area (Å²) in [7, 11) is 0. The van der Waals surface area contributed by atoms with E-state index in [1.54, 1.807) is 6.20 Å². The number of rotatable bonds is 6. The SMILES string of the molecule is N#Cc1ccc2n1CCN(CCC1CCC(CC(=O)c3cccc4ncccc34)CC1)C2. The Kier molecular flexibility index (Phi) is 6.05. The van der Waals surface area contributed by atoms with Gasteiger partial charge in [-0.25, -0.2) is 0 Å². The number of ketones is 1. The minimum absolute atomic E-state index is 0.264. The lowest BCUT2D eigenvalue weighted by Gasteiger charge is -2.32. The second kappa shape index (κ2) is 9.26. The van der Waals surface area contributed by atoms with Crippen LogP contribution in [0.3, 0.4) is 0 Å². The van der Waals surface area contributed by atoms with E-state index in [0.717, 1.165) is 67.1 Å². The Bertz CT molecular complexity index is 1140. The van der Waals surface area contributed by atoms with Gasteiger partial charge in [-0.15, -0.1) is 0 Å². The zero-order valence-electron chi connectivity index (χ0n) is 18.5. The maximum atomic E-state index is 13.0. The average Bonchev–Trinajstić information content (AvgIpc) is 3.25.